The van der Waals surface area contributed by atoms with Gasteiger partial charge in [-0.1, -0.05) is 0 Å². The number of nitrogens with zero attached hydrogens (tertiary/aromatic N) is 1. The van der Waals surface area contributed by atoms with Crippen LogP contribution in [0.1, 0.15) is 17.7 Å². The van der Waals surface area contributed by atoms with Crippen molar-refractivity contribution in [3.8, 4) is 0 Å². The first-order valence-electron chi connectivity index (χ1n) is 6.25. The Balaban J connectivity index is 2.16. The molecule has 108 valence electrons. The Morgan fingerprint density at radius 2 is 2.32 bits per heavy atom. The fourth-order valence-electron chi connectivity index (χ4n) is 2.17. The summed E-state index contributed by atoms with van der Waals surface area (Å²) in [6.07, 6.45) is 2.48. The maximum Gasteiger partial charge on any atom is 0.252 e. The van der Waals surface area contributed by atoms with Crippen LogP contribution in [0, 0.1) is 0 Å². The number of rotatable bonds is 5. The van der Waals surface area contributed by atoms with Crippen molar-refractivity contribution in [1.82, 2.24) is 4.31 Å². The zero-order valence-corrected chi connectivity index (χ0v) is 13.2. The van der Waals surface area contributed by atoms with Crippen LogP contribution < -0.4 is 0 Å². The van der Waals surface area contributed by atoms with E-state index < -0.39 is 10.0 Å². The van der Waals surface area contributed by atoms with E-state index >= 15 is 0 Å². The van der Waals surface area contributed by atoms with Crippen molar-refractivity contribution in [2.75, 3.05) is 26.1 Å². The molecule has 0 aromatic carbocycles. The number of piperidine rings is 1. The van der Waals surface area contributed by atoms with Gasteiger partial charge >= 0.3 is 0 Å². The van der Waals surface area contributed by atoms with E-state index in [0.717, 1.165) is 17.7 Å². The molecule has 0 amide bonds. The fraction of sp³-hybridized carbons (Fsp3) is 0.667. The molecule has 19 heavy (non-hydrogen) atoms. The average Bonchev–Trinajstić information content (AvgIpc) is 2.88. The van der Waals surface area contributed by atoms with Crippen molar-refractivity contribution in [2.24, 2.45) is 0 Å². The third-order valence-corrected chi connectivity index (χ3v) is 6.91. The second-order valence-electron chi connectivity index (χ2n) is 4.52. The predicted octanol–water partition coefficient (Wildman–Crippen LogP) is 2.33. The number of alkyl halides is 1. The van der Waals surface area contributed by atoms with Gasteiger partial charge in [-0.2, -0.15) is 4.31 Å². The molecule has 7 heteroatoms. The Morgan fingerprint density at radius 3 is 3.00 bits per heavy atom. The molecule has 1 aliphatic rings. The molecule has 0 bridgehead atoms. The van der Waals surface area contributed by atoms with E-state index in [4.69, 9.17) is 16.3 Å². The lowest BCUT2D eigenvalue weighted by molar-refractivity contribution is 0.0572. The highest BCUT2D eigenvalue weighted by Crippen LogP contribution is 2.27. The Kier molecular flexibility index (Phi) is 5.25. The molecule has 1 aromatic heterocycles. The lowest BCUT2D eigenvalue weighted by Crippen LogP contribution is -2.42. The van der Waals surface area contributed by atoms with Gasteiger partial charge in [0, 0.05) is 31.0 Å². The second-order valence-corrected chi connectivity index (χ2v) is 8.23. The summed E-state index contributed by atoms with van der Waals surface area (Å²) in [6, 6.07) is 3.52. The van der Waals surface area contributed by atoms with Gasteiger partial charge in [0.05, 0.1) is 6.10 Å². The highest BCUT2D eigenvalue weighted by molar-refractivity contribution is 7.91. The summed E-state index contributed by atoms with van der Waals surface area (Å²) in [5.74, 6) is 0.509. The Hall–Kier alpha value is -0.140. The van der Waals surface area contributed by atoms with Crippen LogP contribution in [0.4, 0.5) is 0 Å². The van der Waals surface area contributed by atoms with Crippen LogP contribution >= 0.6 is 22.9 Å². The molecule has 1 aromatic rings. The number of hydrogen-bond acceptors (Lipinski definition) is 4. The first-order valence-corrected chi connectivity index (χ1v) is 9.04. The van der Waals surface area contributed by atoms with Crippen molar-refractivity contribution in [1.29, 1.82) is 0 Å². The normalized spacial score (nSPS) is 21.7. The molecule has 1 unspecified atom stereocenters. The number of ether oxygens (including phenoxy) is 1. The van der Waals surface area contributed by atoms with Crippen molar-refractivity contribution in [3.05, 3.63) is 17.0 Å². The molecule has 2 rings (SSSR count). The van der Waals surface area contributed by atoms with Gasteiger partial charge in [-0.3, -0.25) is 0 Å². The predicted molar refractivity (Wildman–Crippen MR) is 77.5 cm³/mol. The molecule has 4 nitrogen and oxygen atoms in total. The SMILES string of the molecule is COC1CCCN(S(=O)(=O)c2ccc(CCCl)s2)C1. The summed E-state index contributed by atoms with van der Waals surface area (Å²) < 4.78 is 32.2. The summed E-state index contributed by atoms with van der Waals surface area (Å²) in [5.41, 5.74) is 0. The lowest BCUT2D eigenvalue weighted by Gasteiger charge is -2.30. The van der Waals surface area contributed by atoms with Crippen molar-refractivity contribution in [3.63, 3.8) is 0 Å². The number of thiophene rings is 1. The van der Waals surface area contributed by atoms with Gasteiger partial charge in [-0.25, -0.2) is 8.42 Å². The summed E-state index contributed by atoms with van der Waals surface area (Å²) >= 11 is 6.99. The fourth-order valence-corrected chi connectivity index (χ4v) is 5.50. The first kappa shape index (κ1) is 15.3. The second kappa shape index (κ2) is 6.54. The zero-order chi connectivity index (χ0) is 13.9. The van der Waals surface area contributed by atoms with Gasteiger partial charge < -0.3 is 4.74 Å². The van der Waals surface area contributed by atoms with Gasteiger partial charge in [0.1, 0.15) is 4.21 Å². The molecule has 1 fully saturated rings. The molecule has 1 aliphatic heterocycles. The van der Waals surface area contributed by atoms with Gasteiger partial charge in [0.15, 0.2) is 0 Å². The number of halogens is 1. The number of hydrogen-bond donors (Lipinski definition) is 0. The van der Waals surface area contributed by atoms with Crippen molar-refractivity contribution in [2.45, 2.75) is 29.6 Å². The zero-order valence-electron chi connectivity index (χ0n) is 10.8. The molecule has 0 saturated carbocycles. The van der Waals surface area contributed by atoms with Crippen LogP contribution in [0.15, 0.2) is 16.3 Å². The monoisotopic (exact) mass is 323 g/mol. The molecular formula is C12H18ClNO3S2. The number of aryl methyl sites for hydroxylation is 1. The van der Waals surface area contributed by atoms with E-state index in [9.17, 15) is 8.42 Å². The van der Waals surface area contributed by atoms with Crippen molar-refractivity contribution >= 4 is 33.0 Å². The van der Waals surface area contributed by atoms with Crippen LogP contribution in [0.3, 0.4) is 0 Å². The number of methoxy groups -OCH3 is 1. The van der Waals surface area contributed by atoms with Crippen LogP contribution in [-0.4, -0.2) is 44.9 Å². The van der Waals surface area contributed by atoms with E-state index in [2.05, 4.69) is 0 Å². The third-order valence-electron chi connectivity index (χ3n) is 3.25. The Bertz CT molecular complexity index is 515. The minimum atomic E-state index is -3.37. The molecule has 2 heterocycles. The van der Waals surface area contributed by atoms with Crippen LogP contribution in [0.2, 0.25) is 0 Å². The molecule has 0 N–H and O–H groups in total. The molecule has 0 aliphatic carbocycles. The molecule has 0 spiro atoms. The molecule has 0 radical (unpaired) electrons. The lowest BCUT2D eigenvalue weighted by atomic mass is 10.1. The minimum Gasteiger partial charge on any atom is -0.380 e. The number of sulfonamides is 1. The quantitative estimate of drug-likeness (QED) is 0.781. The van der Waals surface area contributed by atoms with Crippen LogP contribution in [-0.2, 0) is 21.2 Å². The van der Waals surface area contributed by atoms with Crippen LogP contribution in [0.25, 0.3) is 0 Å². The highest BCUT2D eigenvalue weighted by Gasteiger charge is 2.31. The molecule has 1 saturated heterocycles. The molecule has 1 atom stereocenters. The minimum absolute atomic E-state index is 0.00537. The van der Waals surface area contributed by atoms with E-state index in [1.807, 2.05) is 6.07 Å². The maximum absolute atomic E-state index is 12.5. The van der Waals surface area contributed by atoms with Gasteiger partial charge in [0.2, 0.25) is 0 Å². The topological polar surface area (TPSA) is 46.6 Å². The highest BCUT2D eigenvalue weighted by atomic mass is 35.5. The van der Waals surface area contributed by atoms with Gasteiger partial charge in [-0.15, -0.1) is 22.9 Å². The first-order chi connectivity index (χ1) is 9.07. The largest absolute Gasteiger partial charge is 0.380 e. The Labute approximate surface area is 123 Å². The van der Waals surface area contributed by atoms with Crippen LogP contribution in [0.5, 0.6) is 0 Å². The average molecular weight is 324 g/mol. The third kappa shape index (κ3) is 3.49. The Morgan fingerprint density at radius 1 is 1.53 bits per heavy atom. The van der Waals surface area contributed by atoms with Gasteiger partial charge in [-0.05, 0) is 31.4 Å². The van der Waals surface area contributed by atoms with E-state index in [0.29, 0.717) is 29.6 Å². The summed E-state index contributed by atoms with van der Waals surface area (Å²) in [6.45, 7) is 1.02. The van der Waals surface area contributed by atoms with E-state index in [1.54, 1.807) is 13.2 Å². The van der Waals surface area contributed by atoms with Crippen molar-refractivity contribution < 1.29 is 13.2 Å². The summed E-state index contributed by atoms with van der Waals surface area (Å²) in [7, 11) is -1.74. The van der Waals surface area contributed by atoms with Gasteiger partial charge in [0.25, 0.3) is 10.0 Å². The standard InChI is InChI=1S/C12H18ClNO3S2/c1-17-10-3-2-8-14(9-10)19(15,16)12-5-4-11(18-12)6-7-13/h4-5,10H,2-3,6-9H2,1H3. The van der Waals surface area contributed by atoms with E-state index in [-0.39, 0.29) is 6.10 Å². The molecular weight excluding hydrogens is 306 g/mol. The smallest absolute Gasteiger partial charge is 0.252 e. The summed E-state index contributed by atoms with van der Waals surface area (Å²) in [5, 5.41) is 0. The van der Waals surface area contributed by atoms with E-state index in [1.165, 1.54) is 15.6 Å². The summed E-state index contributed by atoms with van der Waals surface area (Å²) in [4.78, 5) is 1.01. The maximum atomic E-state index is 12.5.